The number of benzene rings is 2. The maximum Gasteiger partial charge on any atom is 0.319 e. The highest BCUT2D eigenvalue weighted by Crippen LogP contribution is 2.42. The molecule has 2 aliphatic rings. The molecule has 1 fully saturated rings. The van der Waals surface area contributed by atoms with Gasteiger partial charge in [-0.2, -0.15) is 9.97 Å². The first kappa shape index (κ1) is 27.4. The normalized spacial score (nSPS) is 16.9. The molecule has 40 heavy (non-hydrogen) atoms. The number of fused-ring (bicyclic) bond motifs is 2. The van der Waals surface area contributed by atoms with Gasteiger partial charge in [-0.1, -0.05) is 35.9 Å². The summed E-state index contributed by atoms with van der Waals surface area (Å²) in [5.41, 5.74) is 7.36. The Morgan fingerprint density at radius 3 is 2.62 bits per heavy atom. The molecule has 3 N–H and O–H groups in total. The Morgan fingerprint density at radius 2 is 1.93 bits per heavy atom. The third-order valence-corrected chi connectivity index (χ3v) is 7.56. The van der Waals surface area contributed by atoms with Gasteiger partial charge in [-0.15, -0.1) is 0 Å². The molecular formula is C28H30ClFN6O4. The number of rotatable bonds is 6. The van der Waals surface area contributed by atoms with E-state index in [9.17, 15) is 14.7 Å². The van der Waals surface area contributed by atoms with Gasteiger partial charge < -0.3 is 30.3 Å². The number of piperazine rings is 1. The zero-order valence-corrected chi connectivity index (χ0v) is 23.0. The van der Waals surface area contributed by atoms with E-state index >= 15 is 4.39 Å². The van der Waals surface area contributed by atoms with Crippen molar-refractivity contribution in [1.82, 2.24) is 19.8 Å². The molecular weight excluding hydrogens is 539 g/mol. The second kappa shape index (κ2) is 11.2. The van der Waals surface area contributed by atoms with Crippen LogP contribution in [0.25, 0.3) is 10.9 Å². The SMILES string of the molecule is CN(C)C(=O)CCOc1nc(N2CCN(C(N)=O)CC2)c2cc(Cl)c([C@H]3C=C(O)Cc4ccccc43)c(F)c2n1. The molecule has 1 saturated heterocycles. The number of carbonyl (C=O) groups excluding carboxylic acids is 2. The molecule has 1 aromatic heterocycles. The molecule has 0 saturated carbocycles. The average Bonchev–Trinajstić information content (AvgIpc) is 2.93. The number of carbonyl (C=O) groups is 2. The van der Waals surface area contributed by atoms with Crippen molar-refractivity contribution in [2.45, 2.75) is 18.8 Å². The van der Waals surface area contributed by atoms with E-state index in [-0.39, 0.29) is 46.8 Å². The molecule has 0 spiro atoms. The first-order valence-electron chi connectivity index (χ1n) is 12.9. The van der Waals surface area contributed by atoms with Gasteiger partial charge in [0, 0.05) is 68.6 Å². The van der Waals surface area contributed by atoms with E-state index in [1.54, 1.807) is 26.2 Å². The van der Waals surface area contributed by atoms with Crippen molar-refractivity contribution in [1.29, 1.82) is 0 Å². The molecule has 1 aliphatic heterocycles. The number of aliphatic hydroxyl groups excluding tert-OH is 1. The van der Waals surface area contributed by atoms with E-state index in [0.717, 1.165) is 11.1 Å². The highest BCUT2D eigenvalue weighted by molar-refractivity contribution is 6.32. The number of allylic oxidation sites excluding steroid dienone is 2. The molecule has 0 radical (unpaired) electrons. The molecule has 10 nitrogen and oxygen atoms in total. The smallest absolute Gasteiger partial charge is 0.319 e. The fourth-order valence-corrected chi connectivity index (χ4v) is 5.44. The molecule has 2 heterocycles. The minimum atomic E-state index is -0.651. The highest BCUT2D eigenvalue weighted by Gasteiger charge is 2.30. The van der Waals surface area contributed by atoms with E-state index in [1.165, 1.54) is 9.80 Å². The first-order valence-corrected chi connectivity index (χ1v) is 13.3. The predicted molar refractivity (Wildman–Crippen MR) is 149 cm³/mol. The number of ether oxygens (including phenoxy) is 1. The van der Waals surface area contributed by atoms with Crippen LogP contribution in [-0.4, -0.2) is 83.7 Å². The van der Waals surface area contributed by atoms with Crippen LogP contribution in [0.4, 0.5) is 15.0 Å². The first-order chi connectivity index (χ1) is 19.1. The number of urea groups is 1. The number of halogens is 2. The molecule has 0 unspecified atom stereocenters. The Balaban J connectivity index is 1.60. The summed E-state index contributed by atoms with van der Waals surface area (Å²) in [5.74, 6) is -0.878. The number of aromatic nitrogens is 2. The maximum absolute atomic E-state index is 16.5. The van der Waals surface area contributed by atoms with Crippen LogP contribution in [0.5, 0.6) is 6.01 Å². The molecule has 5 rings (SSSR count). The molecule has 3 aromatic rings. The second-order valence-corrected chi connectivity index (χ2v) is 10.4. The van der Waals surface area contributed by atoms with Crippen LogP contribution in [0.2, 0.25) is 5.02 Å². The van der Waals surface area contributed by atoms with Gasteiger partial charge in [0.2, 0.25) is 5.91 Å². The number of anilines is 1. The number of primary amides is 1. The maximum atomic E-state index is 16.5. The molecule has 12 heteroatoms. The molecule has 0 bridgehead atoms. The lowest BCUT2D eigenvalue weighted by atomic mass is 9.82. The largest absolute Gasteiger partial charge is 0.512 e. The fourth-order valence-electron chi connectivity index (χ4n) is 5.13. The third kappa shape index (κ3) is 5.33. The number of hydrogen-bond acceptors (Lipinski definition) is 7. The molecule has 1 atom stereocenters. The van der Waals surface area contributed by atoms with E-state index < -0.39 is 17.8 Å². The van der Waals surface area contributed by atoms with Crippen molar-refractivity contribution in [3.05, 3.63) is 69.7 Å². The van der Waals surface area contributed by atoms with Crippen LogP contribution < -0.4 is 15.4 Å². The summed E-state index contributed by atoms with van der Waals surface area (Å²) in [6.07, 6.45) is 2.05. The second-order valence-electron chi connectivity index (χ2n) is 10.0. The monoisotopic (exact) mass is 568 g/mol. The number of hydrogen-bond donors (Lipinski definition) is 2. The van der Waals surface area contributed by atoms with Gasteiger partial charge in [0.05, 0.1) is 12.2 Å². The van der Waals surface area contributed by atoms with Crippen LogP contribution in [0.1, 0.15) is 29.0 Å². The van der Waals surface area contributed by atoms with Crippen molar-refractivity contribution in [2.75, 3.05) is 51.8 Å². The molecule has 3 amide bonds. The zero-order chi connectivity index (χ0) is 28.6. The Hall–Kier alpha value is -4.12. The summed E-state index contributed by atoms with van der Waals surface area (Å²) < 4.78 is 22.2. The summed E-state index contributed by atoms with van der Waals surface area (Å²) in [6, 6.07) is 8.56. The van der Waals surface area contributed by atoms with E-state index in [1.807, 2.05) is 29.2 Å². The quantitative estimate of drug-likeness (QED) is 0.465. The van der Waals surface area contributed by atoms with Crippen LogP contribution >= 0.6 is 11.6 Å². The lowest BCUT2D eigenvalue weighted by Crippen LogP contribution is -2.50. The van der Waals surface area contributed by atoms with Gasteiger partial charge >= 0.3 is 12.0 Å². The van der Waals surface area contributed by atoms with Crippen molar-refractivity contribution >= 4 is 40.3 Å². The Kier molecular flexibility index (Phi) is 7.66. The van der Waals surface area contributed by atoms with Gasteiger partial charge in [0.15, 0.2) is 5.82 Å². The fraction of sp³-hybridized carbons (Fsp3) is 0.357. The standard InChI is InChI=1S/C28H30ClFN6O4/c1-34(2)22(38)7-12-40-28-32-25-20(26(33-28)35-8-10-36(11-9-35)27(31)39)15-21(29)23(24(25)30)19-14-17(37)13-16-5-3-4-6-18(16)19/h3-6,14-15,19,37H,7-13H2,1-2H3,(H2,31,39)/t19-/m0/s1. The minimum absolute atomic E-state index is 0.00604. The Bertz CT molecular complexity index is 1510. The molecule has 210 valence electrons. The number of nitrogens with two attached hydrogens (primary N) is 1. The van der Waals surface area contributed by atoms with Crippen LogP contribution in [0.3, 0.4) is 0 Å². The van der Waals surface area contributed by atoms with E-state index in [0.29, 0.717) is 43.8 Å². The molecule has 2 aromatic carbocycles. The van der Waals surface area contributed by atoms with E-state index in [4.69, 9.17) is 22.1 Å². The van der Waals surface area contributed by atoms with Crippen molar-refractivity contribution < 1.29 is 23.8 Å². The summed E-state index contributed by atoms with van der Waals surface area (Å²) in [4.78, 5) is 37.5. The lowest BCUT2D eigenvalue weighted by Gasteiger charge is -2.35. The number of amides is 3. The summed E-state index contributed by atoms with van der Waals surface area (Å²) in [6.45, 7) is 1.55. The van der Waals surface area contributed by atoms with Gasteiger partial charge in [-0.05, 0) is 23.3 Å². The number of nitrogens with zero attached hydrogens (tertiary/aromatic N) is 5. The van der Waals surface area contributed by atoms with Crippen molar-refractivity contribution in [2.24, 2.45) is 5.73 Å². The van der Waals surface area contributed by atoms with Gasteiger partial charge in [-0.25, -0.2) is 9.18 Å². The van der Waals surface area contributed by atoms with Crippen LogP contribution in [0, 0.1) is 5.82 Å². The van der Waals surface area contributed by atoms with Gasteiger partial charge in [0.1, 0.15) is 17.9 Å². The molecule has 1 aliphatic carbocycles. The number of aliphatic hydroxyl groups is 1. The Labute approximate surface area is 235 Å². The van der Waals surface area contributed by atoms with Crippen molar-refractivity contribution in [3.63, 3.8) is 0 Å². The Morgan fingerprint density at radius 1 is 1.20 bits per heavy atom. The minimum Gasteiger partial charge on any atom is -0.512 e. The van der Waals surface area contributed by atoms with E-state index in [2.05, 4.69) is 9.97 Å². The lowest BCUT2D eigenvalue weighted by molar-refractivity contribution is -0.129. The zero-order valence-electron chi connectivity index (χ0n) is 22.2. The van der Waals surface area contributed by atoms with Crippen LogP contribution in [-0.2, 0) is 11.2 Å². The topological polar surface area (TPSA) is 125 Å². The summed E-state index contributed by atoms with van der Waals surface area (Å²) in [7, 11) is 3.30. The van der Waals surface area contributed by atoms with Crippen molar-refractivity contribution in [3.8, 4) is 6.01 Å². The summed E-state index contributed by atoms with van der Waals surface area (Å²) in [5, 5.41) is 11.0. The summed E-state index contributed by atoms with van der Waals surface area (Å²) >= 11 is 6.75. The highest BCUT2D eigenvalue weighted by atomic mass is 35.5. The van der Waals surface area contributed by atoms with Gasteiger partial charge in [0.25, 0.3) is 0 Å². The van der Waals surface area contributed by atoms with Crippen LogP contribution in [0.15, 0.2) is 42.2 Å². The predicted octanol–water partition coefficient (Wildman–Crippen LogP) is 3.61. The van der Waals surface area contributed by atoms with Gasteiger partial charge in [-0.3, -0.25) is 4.79 Å². The third-order valence-electron chi connectivity index (χ3n) is 7.25. The average molecular weight is 569 g/mol.